The van der Waals surface area contributed by atoms with Gasteiger partial charge in [-0.05, 0) is 30.9 Å². The summed E-state index contributed by atoms with van der Waals surface area (Å²) in [5.41, 5.74) is 1.08. The third-order valence-corrected chi connectivity index (χ3v) is 2.39. The standard InChI is InChI=1S/C13H19NO/c1-3-6-13(15)10-11(2)9-12-7-4-5-8-14-12/h4-5,7-8,11H,3,6,9-10H2,1-2H3. The Morgan fingerprint density at radius 2 is 2.27 bits per heavy atom. The average Bonchev–Trinajstić information content (AvgIpc) is 2.19. The molecule has 0 amide bonds. The number of nitrogens with zero attached hydrogens (tertiary/aromatic N) is 1. The van der Waals surface area contributed by atoms with E-state index in [-0.39, 0.29) is 0 Å². The molecule has 1 aromatic heterocycles. The number of hydrogen-bond donors (Lipinski definition) is 0. The van der Waals surface area contributed by atoms with Gasteiger partial charge in [-0.3, -0.25) is 9.78 Å². The van der Waals surface area contributed by atoms with Gasteiger partial charge < -0.3 is 0 Å². The highest BCUT2D eigenvalue weighted by Crippen LogP contribution is 2.11. The number of ketones is 1. The van der Waals surface area contributed by atoms with Crippen molar-refractivity contribution >= 4 is 5.78 Å². The molecule has 0 N–H and O–H groups in total. The molecule has 0 bridgehead atoms. The van der Waals surface area contributed by atoms with Crippen LogP contribution in [0.4, 0.5) is 0 Å². The summed E-state index contributed by atoms with van der Waals surface area (Å²) in [6.45, 7) is 4.16. The number of rotatable bonds is 6. The SMILES string of the molecule is CCCC(=O)CC(C)Cc1ccccn1. The highest BCUT2D eigenvalue weighted by Gasteiger charge is 2.09. The van der Waals surface area contributed by atoms with Crippen molar-refractivity contribution in [2.75, 3.05) is 0 Å². The number of carbonyl (C=O) groups is 1. The molecule has 0 spiro atoms. The molecule has 0 aliphatic rings. The van der Waals surface area contributed by atoms with Crippen LogP contribution in [0.15, 0.2) is 24.4 Å². The molecule has 1 atom stereocenters. The van der Waals surface area contributed by atoms with Crippen molar-refractivity contribution in [3.8, 4) is 0 Å². The van der Waals surface area contributed by atoms with Crippen LogP contribution in [0.3, 0.4) is 0 Å². The maximum absolute atomic E-state index is 11.4. The fraction of sp³-hybridized carbons (Fsp3) is 0.538. The van der Waals surface area contributed by atoms with Gasteiger partial charge in [0.15, 0.2) is 0 Å². The first kappa shape index (κ1) is 11.9. The Bertz CT molecular complexity index is 295. The monoisotopic (exact) mass is 205 g/mol. The molecule has 2 nitrogen and oxygen atoms in total. The summed E-state index contributed by atoms with van der Waals surface area (Å²) in [7, 11) is 0. The molecular formula is C13H19NO. The Balaban J connectivity index is 2.36. The van der Waals surface area contributed by atoms with Gasteiger partial charge in [0, 0.05) is 24.7 Å². The second kappa shape index (κ2) is 6.33. The lowest BCUT2D eigenvalue weighted by atomic mass is 9.97. The Hall–Kier alpha value is -1.18. The normalized spacial score (nSPS) is 12.4. The minimum atomic E-state index is 0.376. The van der Waals surface area contributed by atoms with Crippen LogP contribution in [0.1, 0.15) is 38.8 Å². The zero-order valence-electron chi connectivity index (χ0n) is 9.57. The molecule has 15 heavy (non-hydrogen) atoms. The molecule has 0 aliphatic heterocycles. The Morgan fingerprint density at radius 1 is 1.47 bits per heavy atom. The van der Waals surface area contributed by atoms with Gasteiger partial charge in [0.1, 0.15) is 5.78 Å². The van der Waals surface area contributed by atoms with Crippen LogP contribution >= 0.6 is 0 Å². The van der Waals surface area contributed by atoms with Crippen LogP contribution < -0.4 is 0 Å². The fourth-order valence-electron chi connectivity index (χ4n) is 1.72. The van der Waals surface area contributed by atoms with Gasteiger partial charge in [-0.15, -0.1) is 0 Å². The maximum Gasteiger partial charge on any atom is 0.133 e. The number of carbonyl (C=O) groups excluding carboxylic acids is 1. The van der Waals surface area contributed by atoms with E-state index in [9.17, 15) is 4.79 Å². The second-order valence-corrected chi connectivity index (χ2v) is 4.12. The van der Waals surface area contributed by atoms with Crippen molar-refractivity contribution in [3.63, 3.8) is 0 Å². The van der Waals surface area contributed by atoms with E-state index in [1.807, 2.05) is 25.1 Å². The average molecular weight is 205 g/mol. The third-order valence-electron chi connectivity index (χ3n) is 2.39. The van der Waals surface area contributed by atoms with E-state index in [1.54, 1.807) is 6.20 Å². The van der Waals surface area contributed by atoms with Crippen LogP contribution in [0, 0.1) is 5.92 Å². The van der Waals surface area contributed by atoms with E-state index >= 15 is 0 Å². The van der Waals surface area contributed by atoms with Crippen LogP contribution in [-0.2, 0) is 11.2 Å². The molecule has 0 saturated carbocycles. The topological polar surface area (TPSA) is 30.0 Å². The molecule has 1 heterocycles. The second-order valence-electron chi connectivity index (χ2n) is 4.12. The third kappa shape index (κ3) is 4.73. The molecule has 1 aromatic rings. The van der Waals surface area contributed by atoms with Crippen molar-refractivity contribution in [1.29, 1.82) is 0 Å². The molecule has 0 aliphatic carbocycles. The number of hydrogen-bond acceptors (Lipinski definition) is 2. The molecule has 82 valence electrons. The first-order chi connectivity index (χ1) is 7.22. The van der Waals surface area contributed by atoms with Crippen molar-refractivity contribution in [3.05, 3.63) is 30.1 Å². The lowest BCUT2D eigenvalue weighted by Gasteiger charge is -2.09. The first-order valence-electron chi connectivity index (χ1n) is 5.64. The highest BCUT2D eigenvalue weighted by molar-refractivity contribution is 5.78. The molecule has 2 heteroatoms. The Labute approximate surface area is 91.7 Å². The van der Waals surface area contributed by atoms with Crippen molar-refractivity contribution in [2.45, 2.75) is 39.5 Å². The highest BCUT2D eigenvalue weighted by atomic mass is 16.1. The zero-order valence-corrected chi connectivity index (χ0v) is 9.57. The number of Topliss-reactive ketones (excluding diaryl/α,β-unsaturated/α-hetero) is 1. The van der Waals surface area contributed by atoms with Gasteiger partial charge in [0.05, 0.1) is 0 Å². The van der Waals surface area contributed by atoms with Gasteiger partial charge >= 0.3 is 0 Å². The van der Waals surface area contributed by atoms with Gasteiger partial charge in [-0.25, -0.2) is 0 Å². The molecule has 1 unspecified atom stereocenters. The van der Waals surface area contributed by atoms with Gasteiger partial charge in [0.25, 0.3) is 0 Å². The van der Waals surface area contributed by atoms with Crippen molar-refractivity contribution in [1.82, 2.24) is 4.98 Å². The smallest absolute Gasteiger partial charge is 0.133 e. The Kier molecular flexibility index (Phi) is 5.02. The van der Waals surface area contributed by atoms with Gasteiger partial charge in [-0.2, -0.15) is 0 Å². The van der Waals surface area contributed by atoms with E-state index < -0.39 is 0 Å². The summed E-state index contributed by atoms with van der Waals surface area (Å²) in [5, 5.41) is 0. The van der Waals surface area contributed by atoms with Crippen molar-refractivity contribution < 1.29 is 4.79 Å². The zero-order chi connectivity index (χ0) is 11.1. The predicted octanol–water partition coefficient (Wildman–Crippen LogP) is 3.02. The van der Waals surface area contributed by atoms with E-state index in [4.69, 9.17) is 0 Å². The van der Waals surface area contributed by atoms with E-state index in [0.717, 1.165) is 18.5 Å². The molecule has 0 saturated heterocycles. The summed E-state index contributed by atoms with van der Waals surface area (Å²) in [6.07, 6.45) is 5.05. The van der Waals surface area contributed by atoms with Gasteiger partial charge in [-0.1, -0.05) is 19.9 Å². The largest absolute Gasteiger partial charge is 0.300 e. The van der Waals surface area contributed by atoms with Crippen LogP contribution in [-0.4, -0.2) is 10.8 Å². The molecule has 0 aromatic carbocycles. The fourth-order valence-corrected chi connectivity index (χ4v) is 1.72. The molecule has 0 radical (unpaired) electrons. The number of aromatic nitrogens is 1. The lowest BCUT2D eigenvalue weighted by molar-refractivity contribution is -0.119. The molecule has 1 rings (SSSR count). The summed E-state index contributed by atoms with van der Waals surface area (Å²) >= 11 is 0. The minimum absolute atomic E-state index is 0.376. The summed E-state index contributed by atoms with van der Waals surface area (Å²) in [5.74, 6) is 0.778. The quantitative estimate of drug-likeness (QED) is 0.714. The minimum Gasteiger partial charge on any atom is -0.300 e. The van der Waals surface area contributed by atoms with E-state index in [2.05, 4.69) is 11.9 Å². The lowest BCUT2D eigenvalue weighted by Crippen LogP contribution is -2.08. The summed E-state index contributed by atoms with van der Waals surface area (Å²) in [4.78, 5) is 15.7. The van der Waals surface area contributed by atoms with E-state index in [1.165, 1.54) is 0 Å². The Morgan fingerprint density at radius 3 is 2.87 bits per heavy atom. The first-order valence-corrected chi connectivity index (χ1v) is 5.64. The molecular weight excluding hydrogens is 186 g/mol. The summed E-state index contributed by atoms with van der Waals surface area (Å²) < 4.78 is 0. The van der Waals surface area contributed by atoms with E-state index in [0.29, 0.717) is 24.5 Å². The van der Waals surface area contributed by atoms with Crippen LogP contribution in [0.5, 0.6) is 0 Å². The maximum atomic E-state index is 11.4. The van der Waals surface area contributed by atoms with Crippen LogP contribution in [0.2, 0.25) is 0 Å². The van der Waals surface area contributed by atoms with Crippen molar-refractivity contribution in [2.24, 2.45) is 5.92 Å². The van der Waals surface area contributed by atoms with Gasteiger partial charge in [0.2, 0.25) is 0 Å². The summed E-state index contributed by atoms with van der Waals surface area (Å²) in [6, 6.07) is 5.92. The predicted molar refractivity (Wildman–Crippen MR) is 61.6 cm³/mol. The van der Waals surface area contributed by atoms with Crippen LogP contribution in [0.25, 0.3) is 0 Å². The molecule has 0 fully saturated rings. The number of pyridine rings is 1.